The number of Topliss-reactive ketones (excluding diaryl/α,β-unsaturated/α-hetero) is 2. The number of hydrogen-bond donors (Lipinski definition) is 0. The number of thiazole rings is 1. The van der Waals surface area contributed by atoms with Crippen molar-refractivity contribution in [3.63, 3.8) is 0 Å². The lowest BCUT2D eigenvalue weighted by Crippen LogP contribution is -2.29. The molecule has 0 N–H and O–H groups in total. The van der Waals surface area contributed by atoms with Gasteiger partial charge in [0, 0.05) is 81.9 Å². The second-order valence-corrected chi connectivity index (χ2v) is 36.9. The number of allylic oxidation sites excluding steroid dienone is 6. The van der Waals surface area contributed by atoms with E-state index in [0.29, 0.717) is 28.7 Å². The highest BCUT2D eigenvalue weighted by atomic mass is 32.1. The number of ketones is 3. The van der Waals surface area contributed by atoms with Gasteiger partial charge in [0.2, 0.25) is 5.91 Å². The average molecular weight is 1420 g/mol. The first-order valence-electron chi connectivity index (χ1n) is 36.0. The van der Waals surface area contributed by atoms with E-state index in [1.165, 1.54) is 47.4 Å². The molecule has 9 rings (SSSR count). The van der Waals surface area contributed by atoms with Crippen LogP contribution < -0.4 is 0 Å². The van der Waals surface area contributed by atoms with Crippen LogP contribution in [0.4, 0.5) is 0 Å². The van der Waals surface area contributed by atoms with E-state index in [0.717, 1.165) is 109 Å². The minimum atomic E-state index is -0.191. The first-order chi connectivity index (χ1) is 46.2. The molecule has 101 heavy (non-hydrogen) atoms. The zero-order chi connectivity index (χ0) is 77.9. The predicted octanol–water partition coefficient (Wildman–Crippen LogP) is 21.8. The van der Waals surface area contributed by atoms with Crippen LogP contribution in [0.3, 0.4) is 0 Å². The van der Waals surface area contributed by atoms with E-state index in [2.05, 4.69) is 218 Å². The number of likely N-dealkylation sites (tertiary alicyclic amines) is 1. The molecule has 4 aliphatic rings. The lowest BCUT2D eigenvalue weighted by Gasteiger charge is -2.29. The summed E-state index contributed by atoms with van der Waals surface area (Å²) in [4.78, 5) is 56.3. The highest BCUT2D eigenvalue weighted by Crippen LogP contribution is 2.35. The van der Waals surface area contributed by atoms with Crippen LogP contribution in [0.5, 0.6) is 0 Å². The summed E-state index contributed by atoms with van der Waals surface area (Å²) in [5, 5.41) is 13.4. The highest BCUT2D eigenvalue weighted by molar-refractivity contribution is 7.10. The molecule has 3 aliphatic carbocycles. The van der Waals surface area contributed by atoms with Gasteiger partial charge in [-0.15, -0.1) is 24.2 Å². The number of aryl methyl sites for hydroxylation is 1. The highest BCUT2D eigenvalue weighted by Gasteiger charge is 2.34. The topological polar surface area (TPSA) is 151 Å². The normalized spacial score (nSPS) is 16.1. The smallest absolute Gasteiger partial charge is 0.245 e. The van der Waals surface area contributed by atoms with Gasteiger partial charge in [0.25, 0.3) is 0 Å². The average Bonchev–Trinajstić information content (AvgIpc) is 1.66. The maximum absolute atomic E-state index is 11.8. The lowest BCUT2D eigenvalue weighted by molar-refractivity contribution is -0.125. The van der Waals surface area contributed by atoms with E-state index in [4.69, 9.17) is 12.8 Å². The molecule has 1 saturated heterocycles. The Hall–Kier alpha value is -7.07. The van der Waals surface area contributed by atoms with Crippen LogP contribution >= 0.6 is 22.9 Å². The van der Waals surface area contributed by atoms with Crippen LogP contribution in [0.2, 0.25) is 0 Å². The molecule has 1 aliphatic heterocycles. The van der Waals surface area contributed by atoms with Crippen molar-refractivity contribution in [3.05, 3.63) is 148 Å². The van der Waals surface area contributed by atoms with Crippen LogP contribution in [0.1, 0.15) is 290 Å². The number of nitrogens with zero attached hydrogens (tertiary/aromatic N) is 9. The first kappa shape index (κ1) is 91.9. The molecule has 0 radical (unpaired) electrons. The summed E-state index contributed by atoms with van der Waals surface area (Å²) >= 11 is 2.95. The minimum absolute atomic E-state index is 0.0707. The Morgan fingerprint density at radius 2 is 1.17 bits per heavy atom. The summed E-state index contributed by atoms with van der Waals surface area (Å²) in [6.07, 6.45) is 42.1. The van der Waals surface area contributed by atoms with E-state index < -0.39 is 0 Å². The molecule has 2 atom stereocenters. The van der Waals surface area contributed by atoms with E-state index in [1.807, 2.05) is 110 Å². The SMILES string of the molecule is C#Cc1nc(C(C)(C)C)cs1.C#Cc1nscc1C(C)(C)C.C=CC(=O)N1CCC(C(C)(C)C)C1.C=Cc1ccn(C(C)(C)C)n1.C=Cc1nccn1C(C)(C)C.CC(C)(C)C(=O)C1=CCCC1.CC(C)(C)C(=O)C1=CCCCC1.CC(C)(C)C1CCC=CC1=O.Cc1ccn(C(C)(C)C)n1. The van der Waals surface area contributed by atoms with Gasteiger partial charge in [-0.1, -0.05) is 163 Å². The molecular formula is C86H133N9O4S2. The number of carbonyl (C=O) groups excluding carboxylic acids is 4. The molecular weight excluding hydrogens is 1290 g/mol. The number of amides is 1. The van der Waals surface area contributed by atoms with Gasteiger partial charge in [-0.3, -0.25) is 28.5 Å². The van der Waals surface area contributed by atoms with E-state index in [-0.39, 0.29) is 55.5 Å². The van der Waals surface area contributed by atoms with Gasteiger partial charge in [0.15, 0.2) is 22.4 Å². The third-order valence-corrected chi connectivity index (χ3v) is 18.3. The van der Waals surface area contributed by atoms with Gasteiger partial charge in [-0.05, 0) is 227 Å². The third-order valence-electron chi connectivity index (χ3n) is 16.9. The summed E-state index contributed by atoms with van der Waals surface area (Å²) in [5.74, 6) is 7.96. The number of hydrogen-bond acceptors (Lipinski definition) is 11. The Morgan fingerprint density at radius 3 is 1.48 bits per heavy atom. The Balaban J connectivity index is 0.000000569. The maximum Gasteiger partial charge on any atom is 0.245 e. The minimum Gasteiger partial charge on any atom is -0.339 e. The Kier molecular flexibility index (Phi) is 36.5. The molecule has 6 heterocycles. The largest absolute Gasteiger partial charge is 0.339 e. The number of terminal acetylenes is 2. The fraction of sp³-hybridized carbons (Fsp3) is 0.593. The molecule has 0 spiro atoms. The van der Waals surface area contributed by atoms with Gasteiger partial charge >= 0.3 is 0 Å². The van der Waals surface area contributed by atoms with Gasteiger partial charge in [-0.2, -0.15) is 14.6 Å². The van der Waals surface area contributed by atoms with Gasteiger partial charge < -0.3 is 9.47 Å². The van der Waals surface area contributed by atoms with Crippen molar-refractivity contribution < 1.29 is 19.2 Å². The Morgan fingerprint density at radius 1 is 0.624 bits per heavy atom. The van der Waals surface area contributed by atoms with Crippen LogP contribution in [-0.4, -0.2) is 79.7 Å². The number of aromatic nitrogens is 8. The summed E-state index contributed by atoms with van der Waals surface area (Å²) in [5.41, 5.74) is 7.77. The van der Waals surface area contributed by atoms with Crippen molar-refractivity contribution in [2.24, 2.45) is 33.5 Å². The van der Waals surface area contributed by atoms with E-state index in [9.17, 15) is 19.2 Å². The predicted molar refractivity (Wildman–Crippen MR) is 432 cm³/mol. The van der Waals surface area contributed by atoms with Crippen molar-refractivity contribution in [1.82, 2.24) is 43.4 Å². The fourth-order valence-corrected chi connectivity index (χ4v) is 12.2. The maximum atomic E-state index is 11.8. The van der Waals surface area contributed by atoms with Crippen molar-refractivity contribution >= 4 is 58.3 Å². The summed E-state index contributed by atoms with van der Waals surface area (Å²) in [6, 6.07) is 3.98. The van der Waals surface area contributed by atoms with E-state index in [1.54, 1.807) is 24.4 Å². The summed E-state index contributed by atoms with van der Waals surface area (Å²) < 4.78 is 10.1. The first-order valence-corrected chi connectivity index (χ1v) is 37.7. The Labute approximate surface area is 622 Å². The number of carbonyl (C=O) groups is 4. The van der Waals surface area contributed by atoms with Crippen LogP contribution in [-0.2, 0) is 46.6 Å². The molecule has 5 aromatic heterocycles. The molecule has 1 amide bonds. The zero-order valence-corrected chi connectivity index (χ0v) is 69.7. The van der Waals surface area contributed by atoms with Crippen molar-refractivity contribution in [2.45, 2.75) is 286 Å². The molecule has 0 saturated carbocycles. The quantitative estimate of drug-likeness (QED) is 0.124. The number of imidazole rings is 1. The lowest BCUT2D eigenvalue weighted by atomic mass is 9.74. The molecule has 15 heteroatoms. The number of rotatable bonds is 5. The second-order valence-electron chi connectivity index (χ2n) is 35.5. The summed E-state index contributed by atoms with van der Waals surface area (Å²) in [7, 11) is 0. The molecule has 1 fully saturated rings. The molecule has 0 bridgehead atoms. The Bertz CT molecular complexity index is 3600. The fourth-order valence-electron chi connectivity index (χ4n) is 10.5. The zero-order valence-electron chi connectivity index (χ0n) is 68.1. The van der Waals surface area contributed by atoms with Gasteiger partial charge in [0.1, 0.15) is 11.5 Å². The molecule has 0 aromatic carbocycles. The monoisotopic (exact) mass is 1420 g/mol. The standard InChI is InChI=1S/C11H19NO.C11H18O.2C10H16O.2C9H14N2.2C9H11NS.C8H14N2/c1-5-10(13)12-7-6-9(8-12)11(2,3)4;1-11(2,3)10(12)9-7-5-4-6-8-9;1-10(2,3)8-6-4-5-7-9(8)11;1-10(2,3)9(11)8-6-4-5-7-8;1-5-8-10-6-7-11(8)9(2,3)4;1-5-8-6-7-11(10-8)9(2,3)4;1-5-8-10-7(6-11-8)9(2,3)4;1-5-8-7(6-11-10-8)9(2,3)4;1-7-5-6-10(9-7)8(2,3)4/h5,9H,1,6-8H2,2-4H3;7H,4-6,8H2,1-3H3;5,7-8H,4,6H2,1-3H3;6H,4-5,7H2,1-3H3;2*5-7H,1H2,2-4H3;2*1,6H,2-4H3;5-6H,1-4H3. The van der Waals surface area contributed by atoms with Crippen LogP contribution in [0.15, 0.2) is 109 Å². The molecule has 13 nitrogen and oxygen atoms in total. The molecule has 2 unspecified atom stereocenters. The van der Waals surface area contributed by atoms with Crippen molar-refractivity contribution in [2.75, 3.05) is 13.1 Å². The third kappa shape index (κ3) is 33.7. The van der Waals surface area contributed by atoms with E-state index >= 15 is 0 Å². The van der Waals surface area contributed by atoms with Gasteiger partial charge in [-0.25, -0.2) is 9.97 Å². The van der Waals surface area contributed by atoms with Crippen molar-refractivity contribution in [3.8, 4) is 24.7 Å². The second kappa shape index (κ2) is 40.1. The van der Waals surface area contributed by atoms with Crippen molar-refractivity contribution in [1.29, 1.82) is 0 Å². The summed E-state index contributed by atoms with van der Waals surface area (Å²) in [6.45, 7) is 71.6. The molecule has 558 valence electrons. The van der Waals surface area contributed by atoms with Crippen LogP contribution in [0.25, 0.3) is 12.2 Å². The molecule has 5 aromatic rings. The van der Waals surface area contributed by atoms with Crippen LogP contribution in [0, 0.1) is 65.1 Å². The van der Waals surface area contributed by atoms with Gasteiger partial charge in [0.05, 0.1) is 28.2 Å².